The van der Waals surface area contributed by atoms with E-state index < -0.39 is 0 Å². The van der Waals surface area contributed by atoms with E-state index >= 15 is 0 Å². The molecular formula is C18H17ClN8. The molecule has 5 rings (SSSR count). The summed E-state index contributed by atoms with van der Waals surface area (Å²) in [6.45, 7) is 0. The predicted octanol–water partition coefficient (Wildman–Crippen LogP) is 3.52. The Morgan fingerprint density at radius 2 is 2.07 bits per heavy atom. The monoisotopic (exact) mass is 380 g/mol. The van der Waals surface area contributed by atoms with Crippen molar-refractivity contribution in [2.24, 2.45) is 0 Å². The molecule has 9 heteroatoms. The highest BCUT2D eigenvalue weighted by Gasteiger charge is 2.25. The van der Waals surface area contributed by atoms with Gasteiger partial charge in [-0.05, 0) is 30.5 Å². The first-order valence-electron chi connectivity index (χ1n) is 8.71. The second-order valence-corrected chi connectivity index (χ2v) is 7.16. The standard InChI is InChI=1S/C18H17ClN8/c19-12-5-15-14(22-8-23-15)4-10(12)3-11-7-21-18(20)25-17(11)24-16-6-13(26-27-16)9-1-2-9/h4-9H,1-3H2,(H,22,23)(H4,20,21,24,25,26,27). The minimum absolute atomic E-state index is 0.203. The number of nitrogens with two attached hydrogens (primary N) is 1. The van der Waals surface area contributed by atoms with Crippen LogP contribution in [0.15, 0.2) is 30.7 Å². The van der Waals surface area contributed by atoms with Crippen LogP contribution in [0.25, 0.3) is 11.0 Å². The predicted molar refractivity (Wildman–Crippen MR) is 104 cm³/mol. The molecule has 3 heterocycles. The van der Waals surface area contributed by atoms with Gasteiger partial charge in [0.25, 0.3) is 0 Å². The average molecular weight is 381 g/mol. The van der Waals surface area contributed by atoms with Gasteiger partial charge in [0.05, 0.1) is 17.4 Å². The van der Waals surface area contributed by atoms with Crippen molar-refractivity contribution in [1.82, 2.24) is 30.1 Å². The molecule has 1 saturated carbocycles. The van der Waals surface area contributed by atoms with Gasteiger partial charge in [0.1, 0.15) is 5.82 Å². The number of aromatic amines is 2. The smallest absolute Gasteiger partial charge is 0.221 e. The number of imidazole rings is 1. The molecule has 0 unspecified atom stereocenters. The largest absolute Gasteiger partial charge is 0.368 e. The number of fused-ring (bicyclic) bond motifs is 1. The Labute approximate surface area is 159 Å². The Kier molecular flexibility index (Phi) is 3.71. The molecule has 3 aromatic heterocycles. The molecule has 0 bridgehead atoms. The van der Waals surface area contributed by atoms with Gasteiger partial charge in [-0.1, -0.05) is 11.6 Å². The number of H-pyrrole nitrogens is 2. The molecule has 0 atom stereocenters. The van der Waals surface area contributed by atoms with Crippen molar-refractivity contribution < 1.29 is 0 Å². The van der Waals surface area contributed by atoms with Gasteiger partial charge in [0, 0.05) is 40.9 Å². The van der Waals surface area contributed by atoms with Gasteiger partial charge in [-0.2, -0.15) is 10.1 Å². The summed E-state index contributed by atoms with van der Waals surface area (Å²) >= 11 is 6.44. The molecule has 8 nitrogen and oxygen atoms in total. The number of halogens is 1. The Bertz CT molecular complexity index is 1130. The molecule has 0 amide bonds. The van der Waals surface area contributed by atoms with Crippen LogP contribution < -0.4 is 11.1 Å². The molecule has 1 aliphatic rings. The molecule has 0 saturated heterocycles. The fourth-order valence-electron chi connectivity index (χ4n) is 3.13. The van der Waals surface area contributed by atoms with E-state index in [1.54, 1.807) is 12.5 Å². The maximum Gasteiger partial charge on any atom is 0.221 e. The zero-order valence-corrected chi connectivity index (χ0v) is 15.1. The van der Waals surface area contributed by atoms with Crippen LogP contribution >= 0.6 is 11.6 Å². The second kappa shape index (κ2) is 6.24. The molecule has 4 aromatic rings. The number of nitrogens with one attached hydrogen (secondary N) is 3. The van der Waals surface area contributed by atoms with Gasteiger partial charge >= 0.3 is 0 Å². The normalized spacial score (nSPS) is 14.0. The van der Waals surface area contributed by atoms with Crippen LogP contribution in [0.3, 0.4) is 0 Å². The fraction of sp³-hybridized carbons (Fsp3) is 0.222. The molecule has 0 aliphatic heterocycles. The number of rotatable bonds is 5. The summed E-state index contributed by atoms with van der Waals surface area (Å²) < 4.78 is 0. The topological polar surface area (TPSA) is 121 Å². The molecule has 0 spiro atoms. The van der Waals surface area contributed by atoms with E-state index in [9.17, 15) is 0 Å². The van der Waals surface area contributed by atoms with E-state index in [1.165, 1.54) is 12.8 Å². The third-order valence-corrected chi connectivity index (χ3v) is 5.07. The van der Waals surface area contributed by atoms with Crippen LogP contribution in [0.5, 0.6) is 0 Å². The minimum atomic E-state index is 0.203. The van der Waals surface area contributed by atoms with Crippen molar-refractivity contribution in [1.29, 1.82) is 0 Å². The lowest BCUT2D eigenvalue weighted by atomic mass is 10.1. The summed E-state index contributed by atoms with van der Waals surface area (Å²) in [4.78, 5) is 15.8. The number of nitrogens with zero attached hydrogens (tertiary/aromatic N) is 4. The molecule has 1 fully saturated rings. The summed E-state index contributed by atoms with van der Waals surface area (Å²) in [5, 5.41) is 11.3. The van der Waals surface area contributed by atoms with Gasteiger partial charge in [-0.3, -0.25) is 5.10 Å². The summed E-state index contributed by atoms with van der Waals surface area (Å²) in [6.07, 6.45) is 6.34. The van der Waals surface area contributed by atoms with E-state index in [4.69, 9.17) is 17.3 Å². The van der Waals surface area contributed by atoms with Gasteiger partial charge < -0.3 is 16.0 Å². The lowest BCUT2D eigenvalue weighted by Gasteiger charge is -2.11. The second-order valence-electron chi connectivity index (χ2n) is 6.75. The van der Waals surface area contributed by atoms with Crippen LogP contribution in [0.1, 0.15) is 35.6 Å². The third-order valence-electron chi connectivity index (χ3n) is 4.71. The highest BCUT2D eigenvalue weighted by Crippen LogP contribution is 2.39. The Balaban J connectivity index is 1.46. The number of nitrogen functional groups attached to an aromatic ring is 1. The third kappa shape index (κ3) is 3.19. The Morgan fingerprint density at radius 1 is 1.19 bits per heavy atom. The molecule has 27 heavy (non-hydrogen) atoms. The quantitative estimate of drug-likeness (QED) is 0.420. The van der Waals surface area contributed by atoms with Crippen molar-refractivity contribution in [2.45, 2.75) is 25.2 Å². The van der Waals surface area contributed by atoms with E-state index in [1.807, 2.05) is 18.2 Å². The number of benzene rings is 1. The van der Waals surface area contributed by atoms with Crippen LogP contribution in [0, 0.1) is 0 Å². The molecular weight excluding hydrogens is 364 g/mol. The van der Waals surface area contributed by atoms with E-state index in [0.29, 0.717) is 29.0 Å². The van der Waals surface area contributed by atoms with Crippen LogP contribution in [-0.4, -0.2) is 30.1 Å². The Morgan fingerprint density at radius 3 is 2.93 bits per heavy atom. The van der Waals surface area contributed by atoms with E-state index in [0.717, 1.165) is 27.9 Å². The van der Waals surface area contributed by atoms with Crippen LogP contribution in [-0.2, 0) is 6.42 Å². The maximum atomic E-state index is 6.44. The summed E-state index contributed by atoms with van der Waals surface area (Å²) in [6, 6.07) is 5.86. The first-order chi connectivity index (χ1) is 13.2. The summed E-state index contributed by atoms with van der Waals surface area (Å²) in [5.41, 5.74) is 10.5. The Hall–Kier alpha value is -3.13. The number of hydrogen-bond donors (Lipinski definition) is 4. The number of anilines is 3. The van der Waals surface area contributed by atoms with Crippen LogP contribution in [0.2, 0.25) is 5.02 Å². The van der Waals surface area contributed by atoms with Gasteiger partial charge in [0.2, 0.25) is 5.95 Å². The molecule has 0 radical (unpaired) electrons. The lowest BCUT2D eigenvalue weighted by Crippen LogP contribution is -2.05. The van der Waals surface area contributed by atoms with Crippen molar-refractivity contribution in [2.75, 3.05) is 11.1 Å². The van der Waals surface area contributed by atoms with Crippen molar-refractivity contribution in [3.8, 4) is 0 Å². The number of hydrogen-bond acceptors (Lipinski definition) is 6. The van der Waals surface area contributed by atoms with Crippen molar-refractivity contribution in [3.63, 3.8) is 0 Å². The van der Waals surface area contributed by atoms with Crippen molar-refractivity contribution >= 4 is 40.2 Å². The van der Waals surface area contributed by atoms with E-state index in [2.05, 4.69) is 35.5 Å². The molecule has 1 aromatic carbocycles. The minimum Gasteiger partial charge on any atom is -0.368 e. The molecule has 5 N–H and O–H groups in total. The highest BCUT2D eigenvalue weighted by molar-refractivity contribution is 6.32. The first kappa shape index (κ1) is 16.1. The lowest BCUT2D eigenvalue weighted by molar-refractivity contribution is 0.965. The zero-order valence-electron chi connectivity index (χ0n) is 14.3. The summed E-state index contributed by atoms with van der Waals surface area (Å²) in [7, 11) is 0. The maximum absolute atomic E-state index is 6.44. The summed E-state index contributed by atoms with van der Waals surface area (Å²) in [5.74, 6) is 2.14. The highest BCUT2D eigenvalue weighted by atomic mass is 35.5. The van der Waals surface area contributed by atoms with Gasteiger partial charge in [-0.15, -0.1) is 0 Å². The zero-order chi connectivity index (χ0) is 18.4. The van der Waals surface area contributed by atoms with Crippen molar-refractivity contribution in [3.05, 3.63) is 52.6 Å². The molecule has 136 valence electrons. The number of aromatic nitrogens is 6. The van der Waals surface area contributed by atoms with Gasteiger partial charge in [0.15, 0.2) is 5.82 Å². The SMILES string of the molecule is Nc1ncc(Cc2cc3[nH]cnc3cc2Cl)c(Nc2cc(C3CC3)[nH]n2)n1. The van der Waals surface area contributed by atoms with E-state index in [-0.39, 0.29) is 5.95 Å². The first-order valence-corrected chi connectivity index (χ1v) is 9.09. The average Bonchev–Trinajstić information content (AvgIpc) is 3.23. The molecule has 1 aliphatic carbocycles. The van der Waals surface area contributed by atoms with Gasteiger partial charge in [-0.25, -0.2) is 9.97 Å². The van der Waals surface area contributed by atoms with Crippen LogP contribution in [0.4, 0.5) is 17.6 Å². The fourth-order valence-corrected chi connectivity index (χ4v) is 3.35.